The van der Waals surface area contributed by atoms with Crippen molar-refractivity contribution in [2.75, 3.05) is 6.61 Å². The van der Waals surface area contributed by atoms with E-state index in [1.165, 1.54) is 128 Å². The quantitative estimate of drug-likeness (QED) is 0.176. The Bertz CT molecular complexity index is 192. The summed E-state index contributed by atoms with van der Waals surface area (Å²) in [6.45, 7) is 6.97. The van der Waals surface area contributed by atoms with Crippen LogP contribution in [0.5, 0.6) is 0 Å². The number of hydrogen-bond donors (Lipinski definition) is 0. The molecule has 0 N–H and O–H groups in total. The first-order chi connectivity index (χ1) is 12.4. The van der Waals surface area contributed by atoms with E-state index in [1.807, 2.05) is 6.92 Å². The molecule has 1 heteroatoms. The van der Waals surface area contributed by atoms with Crippen molar-refractivity contribution in [1.29, 1.82) is 0 Å². The summed E-state index contributed by atoms with van der Waals surface area (Å²) in [6, 6.07) is 0. The maximum Gasteiger partial charge on any atom is 0.0805 e. The molecule has 0 bridgehead atoms. The fourth-order valence-electron chi connectivity index (χ4n) is 3.56. The summed E-state index contributed by atoms with van der Waals surface area (Å²) >= 11 is 0. The second-order valence-electron chi connectivity index (χ2n) is 7.82. The van der Waals surface area contributed by atoms with E-state index in [0.717, 1.165) is 6.61 Å². The molecule has 1 radical (unpaired) electrons. The zero-order valence-electron chi connectivity index (χ0n) is 17.8. The van der Waals surface area contributed by atoms with Gasteiger partial charge in [-0.25, -0.2) is 0 Å². The molecule has 151 valence electrons. The van der Waals surface area contributed by atoms with E-state index in [9.17, 15) is 0 Å². The average Bonchev–Trinajstić information content (AvgIpc) is 2.63. The van der Waals surface area contributed by atoms with Crippen LogP contribution in [0.15, 0.2) is 0 Å². The van der Waals surface area contributed by atoms with Crippen molar-refractivity contribution in [2.24, 2.45) is 0 Å². The Hall–Kier alpha value is -0.0400. The van der Waals surface area contributed by atoms with Crippen LogP contribution in [-0.2, 0) is 4.74 Å². The third-order valence-electron chi connectivity index (χ3n) is 5.28. The number of rotatable bonds is 22. The van der Waals surface area contributed by atoms with E-state index >= 15 is 0 Å². The molecule has 0 amide bonds. The minimum atomic E-state index is 0.912. The molecule has 0 aromatic heterocycles. The molecule has 0 unspecified atom stereocenters. The molecule has 0 aliphatic rings. The number of hydrogen-bond acceptors (Lipinski definition) is 1. The molecule has 0 atom stereocenters. The zero-order valence-corrected chi connectivity index (χ0v) is 17.8. The van der Waals surface area contributed by atoms with E-state index < -0.39 is 0 Å². The molecule has 0 heterocycles. The topological polar surface area (TPSA) is 9.23 Å². The van der Waals surface area contributed by atoms with Crippen LogP contribution in [-0.4, -0.2) is 6.61 Å². The van der Waals surface area contributed by atoms with Gasteiger partial charge in [0.1, 0.15) is 0 Å². The fraction of sp³-hybridized carbons (Fsp3) is 0.958. The van der Waals surface area contributed by atoms with Crippen molar-refractivity contribution >= 4 is 0 Å². The van der Waals surface area contributed by atoms with Gasteiger partial charge in [0.15, 0.2) is 0 Å². The smallest absolute Gasteiger partial charge is 0.0805 e. The predicted octanol–water partition coefficient (Wildman–Crippen LogP) is 9.01. The van der Waals surface area contributed by atoms with Gasteiger partial charge in [0.25, 0.3) is 0 Å². The third-order valence-corrected chi connectivity index (χ3v) is 5.28. The van der Waals surface area contributed by atoms with Crippen molar-refractivity contribution in [1.82, 2.24) is 0 Å². The lowest BCUT2D eigenvalue weighted by Crippen LogP contribution is -1.89. The normalized spacial score (nSPS) is 11.3. The predicted molar refractivity (Wildman–Crippen MR) is 114 cm³/mol. The lowest BCUT2D eigenvalue weighted by Gasteiger charge is -2.04. The SMILES string of the molecule is C[CH]OCCCCCCCCCCCCCCCCCCCCCC. The van der Waals surface area contributed by atoms with Crippen LogP contribution in [0.25, 0.3) is 0 Å². The third kappa shape index (κ3) is 24.0. The van der Waals surface area contributed by atoms with Crippen LogP contribution in [0.3, 0.4) is 0 Å². The van der Waals surface area contributed by atoms with Crippen LogP contribution < -0.4 is 0 Å². The fourth-order valence-corrected chi connectivity index (χ4v) is 3.56. The highest BCUT2D eigenvalue weighted by Gasteiger charge is 1.95. The molecule has 0 rings (SSSR count). The lowest BCUT2D eigenvalue weighted by molar-refractivity contribution is 0.197. The Kier molecular flexibility index (Phi) is 23.9. The zero-order chi connectivity index (χ0) is 18.3. The maximum atomic E-state index is 5.25. The highest BCUT2D eigenvalue weighted by atomic mass is 16.5. The summed E-state index contributed by atoms with van der Waals surface area (Å²) in [5.41, 5.74) is 0. The van der Waals surface area contributed by atoms with Gasteiger partial charge < -0.3 is 4.74 Å². The van der Waals surface area contributed by atoms with Crippen LogP contribution in [0.2, 0.25) is 0 Å². The molecule has 1 nitrogen and oxygen atoms in total. The molecule has 0 spiro atoms. The molecule has 25 heavy (non-hydrogen) atoms. The Morgan fingerprint density at radius 3 is 1.00 bits per heavy atom. The highest BCUT2D eigenvalue weighted by molar-refractivity contribution is 4.51. The molecular formula is C24H49O. The molecule has 0 aromatic carbocycles. The summed E-state index contributed by atoms with van der Waals surface area (Å²) in [5.74, 6) is 0. The molecule has 0 aromatic rings. The van der Waals surface area contributed by atoms with Gasteiger partial charge in [-0.2, -0.15) is 0 Å². The van der Waals surface area contributed by atoms with Gasteiger partial charge in [0, 0.05) is 6.61 Å². The van der Waals surface area contributed by atoms with Gasteiger partial charge in [0.2, 0.25) is 0 Å². The summed E-state index contributed by atoms with van der Waals surface area (Å²) < 4.78 is 5.25. The Labute approximate surface area is 160 Å². The summed E-state index contributed by atoms with van der Waals surface area (Å²) in [6.07, 6.45) is 28.8. The van der Waals surface area contributed by atoms with Crippen LogP contribution in [0.4, 0.5) is 0 Å². The van der Waals surface area contributed by atoms with E-state index in [4.69, 9.17) is 4.74 Å². The standard InChI is InChI=1S/C24H49O/c1-3-5-6-7-8-9-10-11-12-13-14-15-16-17-18-19-20-21-22-23-24-25-4-2/h4H,3,5-24H2,1-2H3. The Balaban J connectivity index is 2.94. The van der Waals surface area contributed by atoms with E-state index in [-0.39, 0.29) is 0 Å². The first-order valence-electron chi connectivity index (χ1n) is 11.8. The van der Waals surface area contributed by atoms with Crippen molar-refractivity contribution in [3.8, 4) is 0 Å². The van der Waals surface area contributed by atoms with Gasteiger partial charge in [-0.15, -0.1) is 0 Å². The minimum Gasteiger partial charge on any atom is -0.376 e. The first-order valence-corrected chi connectivity index (χ1v) is 11.8. The molecule has 0 saturated heterocycles. The van der Waals surface area contributed by atoms with E-state index in [0.29, 0.717) is 0 Å². The largest absolute Gasteiger partial charge is 0.376 e. The van der Waals surface area contributed by atoms with Gasteiger partial charge in [-0.3, -0.25) is 0 Å². The number of unbranched alkanes of at least 4 members (excludes halogenated alkanes) is 19. The highest BCUT2D eigenvalue weighted by Crippen LogP contribution is 2.14. The van der Waals surface area contributed by atoms with Gasteiger partial charge >= 0.3 is 0 Å². The number of ether oxygens (including phenoxy) is 1. The van der Waals surface area contributed by atoms with Crippen molar-refractivity contribution < 1.29 is 4.74 Å². The molecule has 0 saturated carbocycles. The lowest BCUT2D eigenvalue weighted by atomic mass is 10.0. The van der Waals surface area contributed by atoms with Crippen LogP contribution in [0, 0.1) is 6.61 Å². The molecular weight excluding hydrogens is 304 g/mol. The Morgan fingerprint density at radius 2 is 0.720 bits per heavy atom. The van der Waals surface area contributed by atoms with E-state index in [1.54, 1.807) is 6.61 Å². The second-order valence-corrected chi connectivity index (χ2v) is 7.82. The van der Waals surface area contributed by atoms with Crippen molar-refractivity contribution in [3.05, 3.63) is 6.61 Å². The van der Waals surface area contributed by atoms with E-state index in [2.05, 4.69) is 6.92 Å². The van der Waals surface area contributed by atoms with Gasteiger partial charge in [-0.1, -0.05) is 129 Å². The monoisotopic (exact) mass is 353 g/mol. The summed E-state index contributed by atoms with van der Waals surface area (Å²) in [5, 5.41) is 0. The maximum absolute atomic E-state index is 5.25. The molecule has 0 aliphatic heterocycles. The van der Waals surface area contributed by atoms with Gasteiger partial charge in [-0.05, 0) is 13.3 Å². The Morgan fingerprint density at radius 1 is 0.440 bits per heavy atom. The summed E-state index contributed by atoms with van der Waals surface area (Å²) in [7, 11) is 0. The van der Waals surface area contributed by atoms with Crippen LogP contribution in [0.1, 0.15) is 142 Å². The molecule has 0 aliphatic carbocycles. The first kappa shape index (κ1) is 25.0. The average molecular weight is 354 g/mol. The van der Waals surface area contributed by atoms with Crippen molar-refractivity contribution in [2.45, 2.75) is 142 Å². The van der Waals surface area contributed by atoms with Crippen LogP contribution >= 0.6 is 0 Å². The van der Waals surface area contributed by atoms with Crippen molar-refractivity contribution in [3.63, 3.8) is 0 Å². The van der Waals surface area contributed by atoms with Gasteiger partial charge in [0.05, 0.1) is 6.61 Å². The summed E-state index contributed by atoms with van der Waals surface area (Å²) in [4.78, 5) is 0. The minimum absolute atomic E-state index is 0.912. The second kappa shape index (κ2) is 24.0. The molecule has 0 fully saturated rings.